The van der Waals surface area contributed by atoms with Crippen molar-refractivity contribution in [2.75, 3.05) is 80.5 Å². The Balaban J connectivity index is 4.62. The van der Waals surface area contributed by atoms with Crippen molar-refractivity contribution in [2.24, 2.45) is 40.9 Å². The Morgan fingerprint density at radius 3 is 1.41 bits per heavy atom. The van der Waals surface area contributed by atoms with Crippen LogP contribution in [-0.2, 0) is 52.7 Å². The van der Waals surface area contributed by atoms with Gasteiger partial charge >= 0.3 is 0 Å². The van der Waals surface area contributed by atoms with E-state index in [0.717, 1.165) is 22.9 Å². The summed E-state index contributed by atoms with van der Waals surface area (Å²) in [5, 5.41) is 34.9. The number of aliphatic hydroxyl groups is 2. The maximum absolute atomic E-state index is 15.5. The van der Waals surface area contributed by atoms with Crippen molar-refractivity contribution < 1.29 is 63.0 Å². The van der Waals surface area contributed by atoms with Gasteiger partial charge < -0.3 is 70.7 Å². The minimum atomic E-state index is -1.66. The number of nitrogens with zero attached hydrogens (tertiary/aromatic N) is 8. The molecule has 1 rings (SSSR count). The van der Waals surface area contributed by atoms with Crippen LogP contribution in [0.1, 0.15) is 184 Å². The van der Waals surface area contributed by atoms with E-state index in [9.17, 15) is 29.4 Å². The molecular weight excluding hydrogens is 1270 g/mol. The molecule has 25 nitrogen and oxygen atoms in total. The summed E-state index contributed by atoms with van der Waals surface area (Å²) in [6.45, 7) is 39.7. The maximum Gasteiger partial charge on any atom is 0.246 e. The second kappa shape index (κ2) is 40.5. The molecule has 0 spiro atoms. The molecule has 0 aromatic carbocycles. The molecule has 98 heavy (non-hydrogen) atoms. The van der Waals surface area contributed by atoms with Crippen LogP contribution in [0.2, 0.25) is 0 Å². The van der Waals surface area contributed by atoms with Gasteiger partial charge in [0.05, 0.1) is 11.7 Å². The first-order valence-electron chi connectivity index (χ1n) is 35.4. The fraction of sp³-hybridized carbons (Fsp3) is 0.819. The molecule has 0 aliphatic carbocycles. The first-order valence-corrected chi connectivity index (χ1v) is 36.6. The van der Waals surface area contributed by atoms with E-state index >= 15 is 33.6 Å². The molecule has 0 saturated carbocycles. The summed E-state index contributed by atoms with van der Waals surface area (Å²) < 4.78 is 0. The van der Waals surface area contributed by atoms with Gasteiger partial charge in [0.1, 0.15) is 66.5 Å². The van der Waals surface area contributed by atoms with Gasteiger partial charge in [0.15, 0.2) is 0 Å². The maximum atomic E-state index is 15.5. The molecule has 0 aromatic rings. The largest absolute Gasteiger partial charge is 0.390 e. The lowest BCUT2D eigenvalue weighted by molar-refractivity contribution is -0.157. The van der Waals surface area contributed by atoms with Crippen LogP contribution >= 0.6 is 11.8 Å². The van der Waals surface area contributed by atoms with Gasteiger partial charge in [-0.3, -0.25) is 52.7 Å². The number of nitrogens with one attached hydrogen (secondary N) is 4. The zero-order valence-electron chi connectivity index (χ0n) is 65.2. The SMILES string of the molecule is CC=CC[C@@H](C)[C@@H](O)[C@H]1C(=O)N[C@@H](CC)C(=O)N(C)[C@H](CSCCN(CC)CC(C)(C)C)C(=O)N(C)[C@@H](CC(C)(C)O)C(=O)N[C@@H](C(C)C)C(=O)N(C)[C@@H](CC(C)C)C(=O)N[C@@H](C)C(=O)N[C@H](C)C(=O)N(C)[C@@H](CC(C)C)C(=O)N(C)[C@@H](CC(C)C)C(=O)N(C)[C@@H](C(C)C)C(=O)N1C. The smallest absolute Gasteiger partial charge is 0.246 e. The third-order valence-electron chi connectivity index (χ3n) is 18.4. The number of carbonyl (C=O) groups is 11. The number of aliphatic hydroxyl groups excluding tert-OH is 1. The van der Waals surface area contributed by atoms with E-state index in [1.165, 1.54) is 113 Å². The Bertz CT molecular complexity index is 2680. The van der Waals surface area contributed by atoms with Gasteiger partial charge in [-0.15, -0.1) is 0 Å². The van der Waals surface area contributed by atoms with Crippen molar-refractivity contribution in [3.8, 4) is 0 Å². The molecule has 0 aromatic heterocycles. The molecule has 0 unspecified atom stereocenters. The number of carbonyl (C=O) groups excluding carboxylic acids is 11. The number of likely N-dealkylation sites (N-methyl/N-ethyl adjacent to an activating group) is 7. The van der Waals surface area contributed by atoms with E-state index in [-0.39, 0.29) is 67.4 Å². The van der Waals surface area contributed by atoms with Crippen molar-refractivity contribution in [1.29, 1.82) is 0 Å². The predicted molar refractivity (Wildman–Crippen MR) is 388 cm³/mol. The van der Waals surface area contributed by atoms with Gasteiger partial charge in [-0.1, -0.05) is 123 Å². The number of allylic oxidation sites excluding steroid dienone is 2. The average molecular weight is 1410 g/mol. The molecule has 1 heterocycles. The Labute approximate surface area is 593 Å². The van der Waals surface area contributed by atoms with Gasteiger partial charge in [0.25, 0.3) is 0 Å². The Hall–Kier alpha value is -5.86. The fourth-order valence-corrected chi connectivity index (χ4v) is 13.5. The highest BCUT2D eigenvalue weighted by Gasteiger charge is 2.47. The number of amides is 11. The van der Waals surface area contributed by atoms with Crippen molar-refractivity contribution in [3.63, 3.8) is 0 Å². The van der Waals surface area contributed by atoms with Crippen LogP contribution in [0.5, 0.6) is 0 Å². The predicted octanol–water partition coefficient (Wildman–Crippen LogP) is 4.85. The summed E-state index contributed by atoms with van der Waals surface area (Å²) in [5.41, 5.74) is -1.61. The Morgan fingerprint density at radius 1 is 0.510 bits per heavy atom. The first-order chi connectivity index (χ1) is 45.0. The van der Waals surface area contributed by atoms with E-state index in [1.807, 2.05) is 47.6 Å². The van der Waals surface area contributed by atoms with Crippen molar-refractivity contribution in [3.05, 3.63) is 12.2 Å². The Kier molecular flexibility index (Phi) is 37.3. The van der Waals surface area contributed by atoms with E-state index < -0.39 is 161 Å². The molecule has 13 atom stereocenters. The highest BCUT2D eigenvalue weighted by molar-refractivity contribution is 7.99. The topological polar surface area (TPSA) is 302 Å². The van der Waals surface area contributed by atoms with Crippen LogP contribution in [0, 0.1) is 40.9 Å². The molecule has 0 bridgehead atoms. The lowest BCUT2D eigenvalue weighted by Crippen LogP contribution is -2.64. The van der Waals surface area contributed by atoms with Gasteiger partial charge in [-0.05, 0) is 114 Å². The summed E-state index contributed by atoms with van der Waals surface area (Å²) in [5.74, 6) is -9.74. The highest BCUT2D eigenvalue weighted by Crippen LogP contribution is 2.27. The number of hydrogen-bond acceptors (Lipinski definition) is 15. The van der Waals surface area contributed by atoms with Crippen molar-refractivity contribution in [2.45, 2.75) is 262 Å². The molecule has 1 aliphatic rings. The summed E-state index contributed by atoms with van der Waals surface area (Å²) in [7, 11) is 9.91. The van der Waals surface area contributed by atoms with Gasteiger partial charge in [0.2, 0.25) is 65.0 Å². The standard InChI is InChI=1S/C72H132N12O13S/c1-29-32-33-47(14)59(85)58-63(89)75-50(30-2)65(91)81(26)55(40-98-35-34-84(31-3)41-71(17,18)19)68(94)80(25)54(39-72(20,21)97)62(88)76-56(45(10)11)69(95)77(22)51(36-42(4)5)61(87)73-48(15)60(86)74-49(16)64(90)78(23)52(37-43(6)7)66(92)79(24)53(38-44(8)9)67(93)82(27)57(46(12)13)70(96)83(58)28/h29,32,42-59,85,97H,30-31,33-41H2,1-28H3,(H,73,87)(H,74,86)(H,75,89)(H,76,88)/t47-,48+,49-,50+,51+,52+,53+,54+,55-,56+,57+,58+,59-/m1/s1. The number of hydrogen-bond donors (Lipinski definition) is 6. The summed E-state index contributed by atoms with van der Waals surface area (Å²) in [6, 6.07) is -14.4. The van der Waals surface area contributed by atoms with Crippen LogP contribution < -0.4 is 21.3 Å². The second-order valence-electron chi connectivity index (χ2n) is 31.2. The molecule has 0 radical (unpaired) electrons. The lowest BCUT2D eigenvalue weighted by atomic mass is 9.91. The summed E-state index contributed by atoms with van der Waals surface area (Å²) in [4.78, 5) is 176. The van der Waals surface area contributed by atoms with Crippen molar-refractivity contribution >= 4 is 76.7 Å². The highest BCUT2D eigenvalue weighted by atomic mass is 32.2. The quantitative estimate of drug-likeness (QED) is 0.0624. The van der Waals surface area contributed by atoms with E-state index in [4.69, 9.17) is 0 Å². The zero-order valence-corrected chi connectivity index (χ0v) is 66.0. The molecule has 6 N–H and O–H groups in total. The monoisotopic (exact) mass is 1400 g/mol. The normalized spacial score (nSPS) is 26.1. The number of thioether (sulfide) groups is 1. The van der Waals surface area contributed by atoms with Gasteiger partial charge in [-0.25, -0.2) is 0 Å². The molecule has 1 aliphatic heterocycles. The Morgan fingerprint density at radius 2 is 0.949 bits per heavy atom. The zero-order chi connectivity index (χ0) is 76.1. The second-order valence-corrected chi connectivity index (χ2v) is 32.3. The molecule has 11 amide bonds. The van der Waals surface area contributed by atoms with Crippen LogP contribution in [0.4, 0.5) is 0 Å². The molecule has 1 fully saturated rings. The minimum Gasteiger partial charge on any atom is -0.390 e. The van der Waals surface area contributed by atoms with Crippen LogP contribution in [0.3, 0.4) is 0 Å². The average Bonchev–Trinajstić information content (AvgIpc) is 0.806. The van der Waals surface area contributed by atoms with E-state index in [1.54, 1.807) is 54.5 Å². The third kappa shape index (κ3) is 26.9. The molecule has 564 valence electrons. The van der Waals surface area contributed by atoms with E-state index in [0.29, 0.717) is 12.3 Å². The minimum absolute atomic E-state index is 0.00970. The first kappa shape index (κ1) is 90.2. The van der Waals surface area contributed by atoms with E-state index in [2.05, 4.69) is 53.9 Å². The van der Waals surface area contributed by atoms with Crippen LogP contribution in [-0.4, -0.2) is 273 Å². The van der Waals surface area contributed by atoms with Crippen LogP contribution in [0.15, 0.2) is 12.2 Å². The third-order valence-corrected chi connectivity index (χ3v) is 19.4. The molecule has 1 saturated heterocycles. The van der Waals surface area contributed by atoms with Crippen LogP contribution in [0.25, 0.3) is 0 Å². The molecular formula is C72H132N12O13S. The summed E-state index contributed by atoms with van der Waals surface area (Å²) >= 11 is 1.40. The lowest BCUT2D eigenvalue weighted by Gasteiger charge is -2.41. The number of rotatable bonds is 22. The summed E-state index contributed by atoms with van der Waals surface area (Å²) in [6.07, 6.45) is 2.35. The molecule has 26 heteroatoms. The van der Waals surface area contributed by atoms with Gasteiger partial charge in [0, 0.05) is 80.3 Å². The van der Waals surface area contributed by atoms with Crippen molar-refractivity contribution in [1.82, 2.24) is 60.5 Å². The fourth-order valence-electron chi connectivity index (χ4n) is 12.4. The van der Waals surface area contributed by atoms with Gasteiger partial charge in [-0.2, -0.15) is 11.8 Å².